The first-order valence-corrected chi connectivity index (χ1v) is 7.37. The van der Waals surface area contributed by atoms with E-state index in [0.717, 1.165) is 42.4 Å². The molecule has 0 unspecified atom stereocenters. The highest BCUT2D eigenvalue weighted by molar-refractivity contribution is 5.41. The molecule has 3 heteroatoms. The number of nitrogens with one attached hydrogen (secondary N) is 1. The average molecular weight is 285 g/mol. The van der Waals surface area contributed by atoms with Gasteiger partial charge < -0.3 is 14.8 Å². The van der Waals surface area contributed by atoms with Crippen LogP contribution in [0.1, 0.15) is 24.5 Å². The van der Waals surface area contributed by atoms with E-state index < -0.39 is 0 Å². The van der Waals surface area contributed by atoms with Crippen molar-refractivity contribution in [2.24, 2.45) is 0 Å². The lowest BCUT2D eigenvalue weighted by Gasteiger charge is -2.11. The number of rotatable bonds is 7. The molecule has 0 bridgehead atoms. The Labute approximate surface area is 126 Å². The van der Waals surface area contributed by atoms with Crippen molar-refractivity contribution in [1.82, 2.24) is 5.32 Å². The third-order valence-corrected chi connectivity index (χ3v) is 3.16. The maximum Gasteiger partial charge on any atom is 0.130 e. The van der Waals surface area contributed by atoms with Crippen LogP contribution in [-0.2, 0) is 6.54 Å². The smallest absolute Gasteiger partial charge is 0.130 e. The molecule has 0 aliphatic carbocycles. The van der Waals surface area contributed by atoms with Crippen LogP contribution in [0.2, 0.25) is 0 Å². The molecule has 0 atom stereocenters. The Morgan fingerprint density at radius 1 is 1.00 bits per heavy atom. The van der Waals surface area contributed by atoms with Gasteiger partial charge in [0, 0.05) is 6.54 Å². The molecule has 0 saturated heterocycles. The van der Waals surface area contributed by atoms with E-state index >= 15 is 0 Å². The van der Waals surface area contributed by atoms with E-state index in [1.807, 2.05) is 31.3 Å². The maximum absolute atomic E-state index is 5.97. The second-order valence-corrected chi connectivity index (χ2v) is 5.05. The van der Waals surface area contributed by atoms with Gasteiger partial charge in [-0.2, -0.15) is 0 Å². The van der Waals surface area contributed by atoms with Crippen molar-refractivity contribution in [2.75, 3.05) is 13.7 Å². The molecular formula is C18H23NO2. The summed E-state index contributed by atoms with van der Waals surface area (Å²) in [5.41, 5.74) is 2.34. The molecule has 0 amide bonds. The largest absolute Gasteiger partial charge is 0.494 e. The van der Waals surface area contributed by atoms with Crippen LogP contribution in [-0.4, -0.2) is 13.7 Å². The first-order chi connectivity index (χ1) is 10.2. The van der Waals surface area contributed by atoms with Crippen LogP contribution in [0.15, 0.2) is 42.5 Å². The summed E-state index contributed by atoms with van der Waals surface area (Å²) < 4.78 is 11.5. The summed E-state index contributed by atoms with van der Waals surface area (Å²) in [5.74, 6) is 2.60. The summed E-state index contributed by atoms with van der Waals surface area (Å²) in [4.78, 5) is 0. The number of ether oxygens (including phenoxy) is 2. The van der Waals surface area contributed by atoms with Crippen LogP contribution in [0.25, 0.3) is 0 Å². The molecular weight excluding hydrogens is 262 g/mol. The fraction of sp³-hybridized carbons (Fsp3) is 0.333. The standard InChI is InChI=1S/C18H23NO2/c1-4-11-20-16-7-9-17(10-8-16)21-18-12-15(13-19-3)6-5-14(18)2/h5-10,12,19H,4,11,13H2,1-3H3. The molecule has 21 heavy (non-hydrogen) atoms. The fourth-order valence-electron chi connectivity index (χ4n) is 2.02. The Morgan fingerprint density at radius 2 is 1.71 bits per heavy atom. The first kappa shape index (κ1) is 15.4. The molecule has 0 spiro atoms. The van der Waals surface area contributed by atoms with Crippen molar-refractivity contribution in [3.05, 3.63) is 53.6 Å². The van der Waals surface area contributed by atoms with E-state index in [1.165, 1.54) is 5.56 Å². The molecule has 3 nitrogen and oxygen atoms in total. The van der Waals surface area contributed by atoms with Gasteiger partial charge in [-0.15, -0.1) is 0 Å². The fourth-order valence-corrected chi connectivity index (χ4v) is 2.02. The number of hydrogen-bond acceptors (Lipinski definition) is 3. The molecule has 0 aromatic heterocycles. The van der Waals surface area contributed by atoms with Crippen LogP contribution in [0.3, 0.4) is 0 Å². The van der Waals surface area contributed by atoms with Gasteiger partial charge in [-0.05, 0) is 61.9 Å². The Balaban J connectivity index is 2.08. The van der Waals surface area contributed by atoms with Gasteiger partial charge in [0.2, 0.25) is 0 Å². The second kappa shape index (κ2) is 7.70. The highest BCUT2D eigenvalue weighted by atomic mass is 16.5. The van der Waals surface area contributed by atoms with E-state index in [4.69, 9.17) is 9.47 Å². The maximum atomic E-state index is 5.97. The summed E-state index contributed by atoms with van der Waals surface area (Å²) >= 11 is 0. The molecule has 0 saturated carbocycles. The molecule has 2 rings (SSSR count). The second-order valence-electron chi connectivity index (χ2n) is 5.05. The SMILES string of the molecule is CCCOc1ccc(Oc2cc(CNC)ccc2C)cc1. The Kier molecular flexibility index (Phi) is 5.64. The summed E-state index contributed by atoms with van der Waals surface area (Å²) in [6, 6.07) is 14.0. The van der Waals surface area contributed by atoms with Crippen molar-refractivity contribution in [1.29, 1.82) is 0 Å². The van der Waals surface area contributed by atoms with E-state index in [1.54, 1.807) is 0 Å². The third kappa shape index (κ3) is 4.50. The number of aryl methyl sites for hydroxylation is 1. The van der Waals surface area contributed by atoms with Crippen LogP contribution < -0.4 is 14.8 Å². The molecule has 1 N–H and O–H groups in total. The lowest BCUT2D eigenvalue weighted by Crippen LogP contribution is -2.05. The van der Waals surface area contributed by atoms with Crippen LogP contribution in [0, 0.1) is 6.92 Å². The van der Waals surface area contributed by atoms with E-state index in [9.17, 15) is 0 Å². The quantitative estimate of drug-likeness (QED) is 0.823. The Bertz CT molecular complexity index is 564. The Morgan fingerprint density at radius 3 is 2.38 bits per heavy atom. The number of benzene rings is 2. The van der Waals surface area contributed by atoms with Gasteiger partial charge in [0.15, 0.2) is 0 Å². The van der Waals surface area contributed by atoms with E-state index in [0.29, 0.717) is 0 Å². The van der Waals surface area contributed by atoms with E-state index in [-0.39, 0.29) is 0 Å². The molecule has 0 radical (unpaired) electrons. The molecule has 0 fully saturated rings. The predicted molar refractivity (Wildman–Crippen MR) is 86.2 cm³/mol. The zero-order chi connectivity index (χ0) is 15.1. The van der Waals surface area contributed by atoms with Gasteiger partial charge in [-0.1, -0.05) is 19.1 Å². The summed E-state index contributed by atoms with van der Waals surface area (Å²) in [6.07, 6.45) is 1.01. The predicted octanol–water partition coefficient (Wildman–Crippen LogP) is 4.30. The first-order valence-electron chi connectivity index (χ1n) is 7.37. The van der Waals surface area contributed by atoms with Crippen LogP contribution >= 0.6 is 0 Å². The minimum absolute atomic E-state index is 0.741. The molecule has 2 aromatic rings. The van der Waals surface area contributed by atoms with Crippen molar-refractivity contribution >= 4 is 0 Å². The van der Waals surface area contributed by atoms with Crippen molar-refractivity contribution in [2.45, 2.75) is 26.8 Å². The Hall–Kier alpha value is -2.00. The minimum Gasteiger partial charge on any atom is -0.494 e. The lowest BCUT2D eigenvalue weighted by molar-refractivity contribution is 0.317. The van der Waals surface area contributed by atoms with Crippen molar-refractivity contribution in [3.63, 3.8) is 0 Å². The van der Waals surface area contributed by atoms with Gasteiger partial charge in [-0.25, -0.2) is 0 Å². The topological polar surface area (TPSA) is 30.5 Å². The van der Waals surface area contributed by atoms with Gasteiger partial charge in [0.1, 0.15) is 17.2 Å². The molecule has 2 aromatic carbocycles. The average Bonchev–Trinajstić information content (AvgIpc) is 2.50. The van der Waals surface area contributed by atoms with Gasteiger partial charge >= 0.3 is 0 Å². The van der Waals surface area contributed by atoms with Crippen molar-refractivity contribution in [3.8, 4) is 17.2 Å². The summed E-state index contributed by atoms with van der Waals surface area (Å²) in [6.45, 7) is 5.72. The molecule has 0 aliphatic rings. The van der Waals surface area contributed by atoms with Crippen LogP contribution in [0.4, 0.5) is 0 Å². The molecule has 0 heterocycles. The van der Waals surface area contributed by atoms with Crippen molar-refractivity contribution < 1.29 is 9.47 Å². The summed E-state index contributed by atoms with van der Waals surface area (Å²) in [7, 11) is 1.94. The zero-order valence-corrected chi connectivity index (χ0v) is 13.0. The highest BCUT2D eigenvalue weighted by Crippen LogP contribution is 2.27. The molecule has 112 valence electrons. The van der Waals surface area contributed by atoms with Gasteiger partial charge in [-0.3, -0.25) is 0 Å². The summed E-state index contributed by atoms with van der Waals surface area (Å²) in [5, 5.41) is 3.15. The van der Waals surface area contributed by atoms with Crippen LogP contribution in [0.5, 0.6) is 17.2 Å². The molecule has 0 aliphatic heterocycles. The highest BCUT2D eigenvalue weighted by Gasteiger charge is 2.04. The lowest BCUT2D eigenvalue weighted by atomic mass is 10.1. The van der Waals surface area contributed by atoms with Gasteiger partial charge in [0.05, 0.1) is 6.61 Å². The zero-order valence-electron chi connectivity index (χ0n) is 13.0. The normalized spacial score (nSPS) is 10.4. The minimum atomic E-state index is 0.741. The number of hydrogen-bond donors (Lipinski definition) is 1. The monoisotopic (exact) mass is 285 g/mol. The third-order valence-electron chi connectivity index (χ3n) is 3.16. The van der Waals surface area contributed by atoms with E-state index in [2.05, 4.69) is 37.4 Å². The van der Waals surface area contributed by atoms with Gasteiger partial charge in [0.25, 0.3) is 0 Å².